The number of rotatable bonds is 10. The summed E-state index contributed by atoms with van der Waals surface area (Å²) >= 11 is 0. The van der Waals surface area contributed by atoms with Crippen LogP contribution in [0.5, 0.6) is 23.0 Å². The van der Waals surface area contributed by atoms with E-state index in [1.165, 1.54) is 26.4 Å². The molecule has 0 spiro atoms. The second-order valence-electron chi connectivity index (χ2n) is 10.7. The predicted octanol–water partition coefficient (Wildman–Crippen LogP) is 6.22. The molecule has 0 atom stereocenters. The molecule has 1 saturated heterocycles. The van der Waals surface area contributed by atoms with Gasteiger partial charge in [0.2, 0.25) is 11.8 Å². The number of carbonyl (C=O) groups excluding carboxylic acids is 2. The molecule has 4 aromatic rings. The van der Waals surface area contributed by atoms with E-state index in [0.29, 0.717) is 52.7 Å². The van der Waals surface area contributed by atoms with E-state index in [-0.39, 0.29) is 17.4 Å². The van der Waals surface area contributed by atoms with Gasteiger partial charge in [-0.2, -0.15) is 13.2 Å². The van der Waals surface area contributed by atoms with Crippen LogP contribution >= 0.6 is 0 Å². The number of carbonyl (C=O) groups is 2. The Bertz CT molecular complexity index is 1720. The number of nitrogens with one attached hydrogen (secondary N) is 3. The molecule has 1 fully saturated rings. The van der Waals surface area contributed by atoms with Gasteiger partial charge in [0.1, 0.15) is 17.9 Å². The summed E-state index contributed by atoms with van der Waals surface area (Å²) in [7, 11) is 4.90. The largest absolute Gasteiger partial charge is 0.493 e. The number of benzene rings is 3. The molecule has 1 aliphatic heterocycles. The number of methoxy groups -OCH3 is 2. The topological polar surface area (TPSA) is 114 Å². The van der Waals surface area contributed by atoms with E-state index in [4.69, 9.17) is 14.2 Å². The van der Waals surface area contributed by atoms with Crippen molar-refractivity contribution in [1.29, 1.82) is 0 Å². The first-order valence-electron chi connectivity index (χ1n) is 14.6. The van der Waals surface area contributed by atoms with Crippen molar-refractivity contribution in [2.45, 2.75) is 31.5 Å². The molecular weight excluding hydrogens is 603 g/mol. The number of pyridine rings is 1. The Morgan fingerprint density at radius 1 is 0.891 bits per heavy atom. The van der Waals surface area contributed by atoms with Gasteiger partial charge in [-0.05, 0) is 62.4 Å². The maximum atomic E-state index is 14.0. The lowest BCUT2D eigenvalue weighted by Crippen LogP contribution is -2.41. The molecule has 0 aliphatic carbocycles. The first-order chi connectivity index (χ1) is 22.1. The zero-order valence-electron chi connectivity index (χ0n) is 25.5. The fraction of sp³-hybridized carbons (Fsp3) is 0.303. The van der Waals surface area contributed by atoms with Gasteiger partial charge in [-0.15, -0.1) is 0 Å². The van der Waals surface area contributed by atoms with Crippen LogP contribution in [0.2, 0.25) is 0 Å². The van der Waals surface area contributed by atoms with Gasteiger partial charge in [-0.25, -0.2) is 0 Å². The molecule has 0 bridgehead atoms. The summed E-state index contributed by atoms with van der Waals surface area (Å²) in [5.74, 6) is 0.503. The van der Waals surface area contributed by atoms with Crippen LogP contribution in [0.4, 0.5) is 30.2 Å². The molecule has 13 heteroatoms. The summed E-state index contributed by atoms with van der Waals surface area (Å²) in [6, 6.07) is 15.7. The van der Waals surface area contributed by atoms with Crippen molar-refractivity contribution >= 4 is 39.8 Å². The number of aromatic nitrogens is 1. The van der Waals surface area contributed by atoms with Crippen molar-refractivity contribution in [2.75, 3.05) is 49.9 Å². The van der Waals surface area contributed by atoms with Crippen LogP contribution in [0, 0.1) is 0 Å². The number of hydrogen-bond donors (Lipinski definition) is 3. The highest BCUT2D eigenvalue weighted by atomic mass is 19.4. The lowest BCUT2D eigenvalue weighted by Gasteiger charge is -2.35. The number of fused-ring (bicyclic) bond motifs is 1. The molecule has 3 aromatic carbocycles. The molecule has 2 amide bonds. The number of halogens is 3. The van der Waals surface area contributed by atoms with Crippen molar-refractivity contribution in [3.8, 4) is 23.0 Å². The molecular formula is C33H34F3N5O5. The first kappa shape index (κ1) is 32.4. The number of anilines is 3. The smallest absolute Gasteiger partial charge is 0.418 e. The molecule has 46 heavy (non-hydrogen) atoms. The summed E-state index contributed by atoms with van der Waals surface area (Å²) in [5, 5.41) is 8.88. The zero-order chi connectivity index (χ0) is 32.8. The summed E-state index contributed by atoms with van der Waals surface area (Å²) in [5.41, 5.74) is 0.163. The van der Waals surface area contributed by atoms with Crippen LogP contribution in [-0.2, 0) is 15.8 Å². The quantitative estimate of drug-likeness (QED) is 0.176. The minimum Gasteiger partial charge on any atom is -0.493 e. The normalized spacial score (nSPS) is 13.7. The number of ether oxygens (including phenoxy) is 3. The second-order valence-corrected chi connectivity index (χ2v) is 10.7. The van der Waals surface area contributed by atoms with Crippen LogP contribution in [-0.4, -0.2) is 57.2 Å². The Hall–Kier alpha value is -5.04. The molecule has 0 radical (unpaired) electrons. The molecule has 0 saturated carbocycles. The van der Waals surface area contributed by atoms with E-state index in [1.807, 2.05) is 7.05 Å². The third-order valence-electron chi connectivity index (χ3n) is 7.70. The van der Waals surface area contributed by atoms with Gasteiger partial charge in [0.05, 0.1) is 25.3 Å². The van der Waals surface area contributed by atoms with Gasteiger partial charge < -0.3 is 35.1 Å². The van der Waals surface area contributed by atoms with Gasteiger partial charge in [0.15, 0.2) is 11.5 Å². The minimum atomic E-state index is -4.62. The predicted molar refractivity (Wildman–Crippen MR) is 169 cm³/mol. The Morgan fingerprint density at radius 3 is 2.22 bits per heavy atom. The first-order valence-corrected chi connectivity index (χ1v) is 14.6. The lowest BCUT2D eigenvalue weighted by molar-refractivity contribution is -0.137. The molecule has 3 N–H and O–H groups in total. The van der Waals surface area contributed by atoms with E-state index in [1.54, 1.807) is 53.6 Å². The minimum absolute atomic E-state index is 0.0480. The van der Waals surface area contributed by atoms with E-state index >= 15 is 0 Å². The van der Waals surface area contributed by atoms with Crippen molar-refractivity contribution in [3.63, 3.8) is 0 Å². The molecule has 1 aliphatic rings. The lowest BCUT2D eigenvalue weighted by atomic mass is 10.0. The monoisotopic (exact) mass is 637 g/mol. The molecule has 2 heterocycles. The van der Waals surface area contributed by atoms with Gasteiger partial charge in [-0.3, -0.25) is 14.6 Å². The van der Waals surface area contributed by atoms with E-state index in [0.717, 1.165) is 18.9 Å². The van der Waals surface area contributed by atoms with Crippen molar-refractivity contribution in [2.24, 2.45) is 0 Å². The van der Waals surface area contributed by atoms with Crippen molar-refractivity contribution in [1.82, 2.24) is 10.3 Å². The third kappa shape index (κ3) is 7.60. The van der Waals surface area contributed by atoms with E-state index in [9.17, 15) is 22.8 Å². The summed E-state index contributed by atoms with van der Waals surface area (Å²) in [6.45, 7) is 0.964. The van der Waals surface area contributed by atoms with Crippen LogP contribution < -0.4 is 35.1 Å². The fourth-order valence-corrected chi connectivity index (χ4v) is 5.38. The highest BCUT2D eigenvalue weighted by Crippen LogP contribution is 2.40. The van der Waals surface area contributed by atoms with Crippen molar-refractivity contribution < 1.29 is 37.0 Å². The van der Waals surface area contributed by atoms with E-state index in [2.05, 4.69) is 20.9 Å². The van der Waals surface area contributed by atoms with Gasteiger partial charge in [0, 0.05) is 59.9 Å². The van der Waals surface area contributed by atoms with Gasteiger partial charge >= 0.3 is 6.18 Å². The Kier molecular flexibility index (Phi) is 9.81. The highest BCUT2D eigenvalue weighted by Gasteiger charge is 2.36. The summed E-state index contributed by atoms with van der Waals surface area (Å²) < 4.78 is 58.8. The number of piperidine rings is 1. The fourth-order valence-electron chi connectivity index (χ4n) is 5.38. The molecule has 0 unspecified atom stereocenters. The van der Waals surface area contributed by atoms with Crippen LogP contribution in [0.1, 0.15) is 24.8 Å². The average Bonchev–Trinajstić information content (AvgIpc) is 3.04. The third-order valence-corrected chi connectivity index (χ3v) is 7.70. The number of nitrogens with zero attached hydrogens (tertiary/aromatic N) is 2. The zero-order valence-corrected chi connectivity index (χ0v) is 25.5. The number of hydrogen-bond acceptors (Lipinski definition) is 8. The maximum Gasteiger partial charge on any atom is 0.418 e. The SMILES string of the molecule is CNC1CCN(c2ccc(NC(=O)CC(=O)Nc3cccc(Oc4ccnc5cc(OC)c(OC)cc45)c3)cc2C(F)(F)F)CC1. The van der Waals surface area contributed by atoms with Gasteiger partial charge in [0.25, 0.3) is 0 Å². The molecule has 1 aromatic heterocycles. The van der Waals surface area contributed by atoms with Crippen LogP contribution in [0.15, 0.2) is 66.9 Å². The Balaban J connectivity index is 1.23. The molecule has 242 valence electrons. The van der Waals surface area contributed by atoms with Crippen molar-refractivity contribution in [3.05, 3.63) is 72.4 Å². The standard InChI is InChI=1S/C33H34F3N5O5/c1-37-20-10-13-41(14-11-20)27-8-7-22(16-25(27)33(34,35)36)40-32(43)19-31(42)39-21-5-4-6-23(15-21)46-28-9-12-38-26-18-30(45-3)29(44-2)17-24(26)28/h4-9,12,15-18,20,37H,10-11,13-14,19H2,1-3H3,(H,39,42)(H,40,43). The molecule has 5 rings (SSSR count). The molecule has 10 nitrogen and oxygen atoms in total. The summed E-state index contributed by atoms with van der Waals surface area (Å²) in [6.07, 6.45) is -2.19. The van der Waals surface area contributed by atoms with Crippen LogP contribution in [0.3, 0.4) is 0 Å². The Morgan fingerprint density at radius 2 is 1.57 bits per heavy atom. The second kappa shape index (κ2) is 13.9. The number of amides is 2. The van der Waals surface area contributed by atoms with Gasteiger partial charge in [-0.1, -0.05) is 6.07 Å². The average molecular weight is 638 g/mol. The maximum absolute atomic E-state index is 14.0. The Labute approximate surface area is 263 Å². The highest BCUT2D eigenvalue weighted by molar-refractivity contribution is 6.08. The summed E-state index contributed by atoms with van der Waals surface area (Å²) in [4.78, 5) is 31.4. The van der Waals surface area contributed by atoms with Crippen LogP contribution in [0.25, 0.3) is 10.9 Å². The number of alkyl halides is 3. The van der Waals surface area contributed by atoms with E-state index < -0.39 is 30.0 Å².